The molecule has 0 saturated carbocycles. The van der Waals surface area contributed by atoms with Gasteiger partial charge in [0.1, 0.15) is 11.0 Å². The number of nitrogens with zero attached hydrogens (tertiary/aromatic N) is 1. The van der Waals surface area contributed by atoms with Crippen LogP contribution in [0, 0.1) is 0 Å². The topological polar surface area (TPSA) is 72.9 Å². The second kappa shape index (κ2) is 8.78. The van der Waals surface area contributed by atoms with Gasteiger partial charge in [0.2, 0.25) is 0 Å². The minimum absolute atomic E-state index is 0.238. The van der Waals surface area contributed by atoms with Gasteiger partial charge in [-0.15, -0.1) is 0 Å². The fourth-order valence-corrected chi connectivity index (χ4v) is 4.75. The quantitative estimate of drug-likeness (QED) is 0.546. The third-order valence-corrected chi connectivity index (χ3v) is 6.49. The maximum atomic E-state index is 12.7. The molecule has 154 valence electrons. The molecule has 1 heterocycles. The smallest absolute Gasteiger partial charge is 0.338 e. The van der Waals surface area contributed by atoms with Gasteiger partial charge in [-0.25, -0.2) is 13.8 Å². The van der Waals surface area contributed by atoms with Crippen molar-refractivity contribution in [1.82, 2.24) is 0 Å². The molecule has 0 aromatic rings. The van der Waals surface area contributed by atoms with Gasteiger partial charge in [-0.3, -0.25) is 4.31 Å². The van der Waals surface area contributed by atoms with E-state index in [1.165, 1.54) is 11.6 Å². The summed E-state index contributed by atoms with van der Waals surface area (Å²) >= 11 is 0. The predicted molar refractivity (Wildman–Crippen MR) is 114 cm³/mol. The van der Waals surface area contributed by atoms with Gasteiger partial charge in [0.15, 0.2) is 0 Å². The van der Waals surface area contributed by atoms with Crippen molar-refractivity contribution in [3.8, 4) is 11.1 Å². The summed E-state index contributed by atoms with van der Waals surface area (Å²) < 4.78 is 24.8. The number of fused-ring (bicyclic) bond motifs is 1. The molecule has 1 atom stereocenters. The van der Waals surface area contributed by atoms with Crippen LogP contribution in [0.2, 0.25) is 0 Å². The van der Waals surface area contributed by atoms with E-state index in [0.29, 0.717) is 34.6 Å². The molecule has 0 aromatic carbocycles. The molecule has 1 unspecified atom stereocenters. The Morgan fingerprint density at radius 1 is 0.931 bits per heavy atom. The molecule has 0 spiro atoms. The molecular weight excluding hydrogens is 390 g/mol. The lowest BCUT2D eigenvalue weighted by atomic mass is 10.1. The minimum atomic E-state index is -1.17. The number of hydrogen-bond acceptors (Lipinski definition) is 5. The van der Waals surface area contributed by atoms with Gasteiger partial charge in [-0.1, -0.05) is 23.3 Å². The first-order valence-electron chi connectivity index (χ1n) is 9.59. The van der Waals surface area contributed by atoms with E-state index < -0.39 is 22.9 Å². The fourth-order valence-electron chi connectivity index (χ4n) is 3.28. The molecule has 0 saturated heterocycles. The number of carbonyl (C=O) groups excluding carboxylic acids is 2. The third kappa shape index (κ3) is 4.19. The van der Waals surface area contributed by atoms with E-state index >= 15 is 0 Å². The van der Waals surface area contributed by atoms with Gasteiger partial charge in [-0.05, 0) is 57.0 Å². The van der Waals surface area contributed by atoms with Crippen molar-refractivity contribution < 1.29 is 23.3 Å². The molecule has 2 aliphatic carbocycles. The number of ether oxygens (including phenoxy) is 2. The zero-order chi connectivity index (χ0) is 21.1. The lowest BCUT2D eigenvalue weighted by Crippen LogP contribution is -2.33. The Morgan fingerprint density at radius 3 is 1.93 bits per heavy atom. The van der Waals surface area contributed by atoms with Crippen molar-refractivity contribution in [1.29, 1.82) is 0 Å². The van der Waals surface area contributed by atoms with Gasteiger partial charge in [0, 0.05) is 5.69 Å². The van der Waals surface area contributed by atoms with Crippen LogP contribution in [-0.2, 0) is 20.5 Å². The van der Waals surface area contributed by atoms with Crippen molar-refractivity contribution in [2.75, 3.05) is 29.8 Å². The minimum Gasteiger partial charge on any atom is -0.462 e. The van der Waals surface area contributed by atoms with Gasteiger partial charge in [-0.2, -0.15) is 0 Å². The molecule has 0 bridgehead atoms. The molecule has 29 heavy (non-hydrogen) atoms. The van der Waals surface area contributed by atoms with E-state index in [2.05, 4.69) is 0 Å². The van der Waals surface area contributed by atoms with Crippen molar-refractivity contribution in [2.45, 2.75) is 27.7 Å². The average molecular weight is 416 g/mol. The maximum absolute atomic E-state index is 12.7. The largest absolute Gasteiger partial charge is 0.462 e. The second-order valence-electron chi connectivity index (χ2n) is 6.89. The summed E-state index contributed by atoms with van der Waals surface area (Å²) in [4.78, 5) is 24.9. The van der Waals surface area contributed by atoms with E-state index in [1.807, 2.05) is 30.3 Å². The Bertz CT molecular complexity index is 928. The van der Waals surface area contributed by atoms with Crippen LogP contribution in [0.1, 0.15) is 48.4 Å². The third-order valence-electron chi connectivity index (χ3n) is 4.97. The summed E-state index contributed by atoms with van der Waals surface area (Å²) in [5.41, 5.74) is 4.93. The van der Waals surface area contributed by atoms with Crippen LogP contribution in [0.4, 0.5) is 5.69 Å². The van der Waals surface area contributed by atoms with E-state index in [-0.39, 0.29) is 13.2 Å². The second-order valence-corrected chi connectivity index (χ2v) is 8.27. The summed E-state index contributed by atoms with van der Waals surface area (Å²) in [5, 5.41) is 0. The molecule has 0 N–H and O–H groups in total. The molecule has 0 amide bonds. The highest BCUT2D eigenvalue weighted by atomic mass is 32.2. The Morgan fingerprint density at radius 2 is 1.45 bits per heavy atom. The monoisotopic (exact) mass is 415 g/mol. The summed E-state index contributed by atoms with van der Waals surface area (Å²) in [6.45, 7) is 8.55. The highest BCUT2D eigenvalue weighted by Crippen LogP contribution is 2.35. The summed E-state index contributed by atoms with van der Waals surface area (Å²) in [7, 11) is -1.17. The van der Waals surface area contributed by atoms with Crippen LogP contribution < -0.4 is 4.31 Å². The Balaban J connectivity index is 2.11. The lowest BCUT2D eigenvalue weighted by molar-refractivity contribution is 0.0525. The molecule has 0 fully saturated rings. The van der Waals surface area contributed by atoms with Crippen LogP contribution in [0.15, 0.2) is 41.5 Å². The molecular formula is C22H25NO5S. The molecule has 0 radical (unpaired) electrons. The van der Waals surface area contributed by atoms with Crippen LogP contribution in [0.25, 0.3) is 11.1 Å². The van der Waals surface area contributed by atoms with Gasteiger partial charge < -0.3 is 9.47 Å². The Hall–Kier alpha value is -2.67. The zero-order valence-electron chi connectivity index (χ0n) is 17.1. The number of hydrogen-bond donors (Lipinski definition) is 0. The number of rotatable bonds is 5. The lowest BCUT2D eigenvalue weighted by Gasteiger charge is -2.28. The van der Waals surface area contributed by atoms with E-state index in [9.17, 15) is 13.8 Å². The van der Waals surface area contributed by atoms with Gasteiger partial charge in [0.05, 0.1) is 36.6 Å². The zero-order valence-corrected chi connectivity index (χ0v) is 17.9. The van der Waals surface area contributed by atoms with Crippen molar-refractivity contribution in [2.24, 2.45) is 0 Å². The highest BCUT2D eigenvalue weighted by Gasteiger charge is 2.26. The van der Waals surface area contributed by atoms with Crippen LogP contribution in [0.5, 0.6) is 0 Å². The predicted octanol–water partition coefficient (Wildman–Crippen LogP) is 3.96. The molecule has 3 aliphatic rings. The first kappa shape index (κ1) is 21.0. The summed E-state index contributed by atoms with van der Waals surface area (Å²) in [6, 6.07) is 8.72. The fraction of sp³-hybridized carbons (Fsp3) is 0.364. The van der Waals surface area contributed by atoms with Crippen molar-refractivity contribution in [3.05, 3.63) is 52.6 Å². The number of carbonyl (C=O) groups is 2. The Labute approximate surface area is 173 Å². The number of esters is 2. The van der Waals surface area contributed by atoms with E-state index in [4.69, 9.17) is 9.47 Å². The van der Waals surface area contributed by atoms with E-state index in [1.54, 1.807) is 26.0 Å². The first-order valence-corrected chi connectivity index (χ1v) is 10.9. The Kier molecular flexibility index (Phi) is 6.37. The SMILES string of the molecule is CCOC(=O)c1cc(C(=O)OCC)c2ccc(N3CC(C)=C(C)CS3=O)ccc1-2. The standard InChI is InChI=1S/C22H25NO5S/c1-5-27-21(24)19-11-20(22(25)28-6-2)18-10-8-16(7-9-17(18)19)23-12-14(3)15(4)13-29(23)26/h7-11H,5-6,12-13H2,1-4H3. The van der Waals surface area contributed by atoms with Crippen molar-refractivity contribution in [3.63, 3.8) is 0 Å². The number of anilines is 1. The molecule has 3 rings (SSSR count). The van der Waals surface area contributed by atoms with Crippen LogP contribution in [0.3, 0.4) is 0 Å². The highest BCUT2D eigenvalue weighted by molar-refractivity contribution is 7.86. The normalized spacial score (nSPS) is 16.8. The average Bonchev–Trinajstić information content (AvgIpc) is 2.91. The molecule has 6 nitrogen and oxygen atoms in total. The van der Waals surface area contributed by atoms with Crippen LogP contribution in [-0.4, -0.2) is 41.7 Å². The maximum Gasteiger partial charge on any atom is 0.338 e. The summed E-state index contributed by atoms with van der Waals surface area (Å²) in [6.07, 6.45) is 0. The van der Waals surface area contributed by atoms with Gasteiger partial charge in [0.25, 0.3) is 0 Å². The van der Waals surface area contributed by atoms with Crippen molar-refractivity contribution >= 4 is 28.6 Å². The van der Waals surface area contributed by atoms with Crippen LogP contribution >= 0.6 is 0 Å². The molecule has 0 aromatic heterocycles. The molecule has 1 aliphatic heterocycles. The van der Waals surface area contributed by atoms with E-state index in [0.717, 1.165) is 11.3 Å². The van der Waals surface area contributed by atoms with Gasteiger partial charge >= 0.3 is 11.9 Å². The summed E-state index contributed by atoms with van der Waals surface area (Å²) in [5.74, 6) is -0.480. The molecule has 7 heteroatoms. The first-order chi connectivity index (χ1) is 13.9.